The maximum absolute atomic E-state index is 12.0. The van der Waals surface area contributed by atoms with Gasteiger partial charge in [0.05, 0.1) is 0 Å². The van der Waals surface area contributed by atoms with Gasteiger partial charge in [0.25, 0.3) is 0 Å². The van der Waals surface area contributed by atoms with Crippen molar-refractivity contribution < 1.29 is 14.7 Å². The highest BCUT2D eigenvalue weighted by molar-refractivity contribution is 5.82. The third-order valence-corrected chi connectivity index (χ3v) is 3.82. The van der Waals surface area contributed by atoms with Crippen molar-refractivity contribution in [2.24, 2.45) is 0 Å². The lowest BCUT2D eigenvalue weighted by atomic mass is 9.92. The van der Waals surface area contributed by atoms with Crippen LogP contribution in [0.1, 0.15) is 24.8 Å². The number of nitrogens with zero attached hydrogens (tertiary/aromatic N) is 1. The minimum atomic E-state index is -1.01. The number of hydrogen-bond donors (Lipinski definition) is 2. The number of carboxylic acid groups (broad SMARTS) is 1. The summed E-state index contributed by atoms with van der Waals surface area (Å²) in [6.07, 6.45) is 3.43. The van der Waals surface area contributed by atoms with E-state index < -0.39 is 12.0 Å². The summed E-state index contributed by atoms with van der Waals surface area (Å²) in [5, 5.41) is 11.8. The normalized spacial score (nSPS) is 16.1. The van der Waals surface area contributed by atoms with Crippen molar-refractivity contribution in [3.05, 3.63) is 35.9 Å². The molecule has 0 heterocycles. The molecule has 1 fully saturated rings. The average molecular weight is 276 g/mol. The van der Waals surface area contributed by atoms with Crippen LogP contribution in [0.5, 0.6) is 0 Å². The third kappa shape index (κ3) is 3.50. The molecular weight excluding hydrogens is 256 g/mol. The van der Waals surface area contributed by atoms with E-state index in [0.29, 0.717) is 6.42 Å². The van der Waals surface area contributed by atoms with Gasteiger partial charge in [-0.1, -0.05) is 30.3 Å². The quantitative estimate of drug-likeness (QED) is 0.862. The summed E-state index contributed by atoms with van der Waals surface area (Å²) in [7, 11) is 1.72. The first kappa shape index (κ1) is 14.4. The van der Waals surface area contributed by atoms with Crippen LogP contribution in [0.4, 0.5) is 4.79 Å². The van der Waals surface area contributed by atoms with Crippen molar-refractivity contribution in [1.29, 1.82) is 0 Å². The van der Waals surface area contributed by atoms with Gasteiger partial charge in [0.2, 0.25) is 0 Å². The summed E-state index contributed by atoms with van der Waals surface area (Å²) in [6, 6.07) is 8.36. The molecule has 0 unspecified atom stereocenters. The summed E-state index contributed by atoms with van der Waals surface area (Å²) < 4.78 is 0. The van der Waals surface area contributed by atoms with Crippen LogP contribution in [0, 0.1) is 0 Å². The highest BCUT2D eigenvalue weighted by Gasteiger charge is 2.28. The number of carboxylic acids is 1. The second-order valence-corrected chi connectivity index (χ2v) is 5.23. The molecule has 1 atom stereocenters. The van der Waals surface area contributed by atoms with Crippen LogP contribution in [0.2, 0.25) is 0 Å². The Morgan fingerprint density at radius 3 is 2.50 bits per heavy atom. The van der Waals surface area contributed by atoms with E-state index >= 15 is 0 Å². The van der Waals surface area contributed by atoms with E-state index in [1.807, 2.05) is 30.3 Å². The van der Waals surface area contributed by atoms with Crippen LogP contribution < -0.4 is 5.32 Å². The van der Waals surface area contributed by atoms with Crippen molar-refractivity contribution in [3.8, 4) is 0 Å². The first-order valence-corrected chi connectivity index (χ1v) is 6.88. The summed E-state index contributed by atoms with van der Waals surface area (Å²) in [6.45, 7) is 0. The first-order chi connectivity index (χ1) is 9.58. The molecule has 5 heteroatoms. The number of rotatable bonds is 5. The van der Waals surface area contributed by atoms with Gasteiger partial charge in [-0.25, -0.2) is 9.59 Å². The molecular formula is C15H20N2O3. The number of carbonyl (C=O) groups excluding carboxylic acids is 1. The molecule has 0 aromatic heterocycles. The van der Waals surface area contributed by atoms with Gasteiger partial charge in [-0.3, -0.25) is 0 Å². The van der Waals surface area contributed by atoms with Gasteiger partial charge in [0.15, 0.2) is 0 Å². The second kappa shape index (κ2) is 6.41. The molecule has 20 heavy (non-hydrogen) atoms. The van der Waals surface area contributed by atoms with Gasteiger partial charge < -0.3 is 15.3 Å². The zero-order valence-electron chi connectivity index (χ0n) is 11.6. The molecule has 0 saturated heterocycles. The Balaban J connectivity index is 1.95. The molecule has 0 aliphatic heterocycles. The van der Waals surface area contributed by atoms with Crippen LogP contribution in [-0.2, 0) is 11.2 Å². The number of benzene rings is 1. The smallest absolute Gasteiger partial charge is 0.326 e. The minimum absolute atomic E-state index is 0.251. The molecule has 5 nitrogen and oxygen atoms in total. The van der Waals surface area contributed by atoms with Gasteiger partial charge in [-0.2, -0.15) is 0 Å². The maximum Gasteiger partial charge on any atom is 0.326 e. The third-order valence-electron chi connectivity index (χ3n) is 3.82. The molecule has 1 saturated carbocycles. The summed E-state index contributed by atoms with van der Waals surface area (Å²) in [4.78, 5) is 24.9. The Bertz CT molecular complexity index is 471. The zero-order chi connectivity index (χ0) is 14.5. The molecule has 2 rings (SSSR count). The van der Waals surface area contributed by atoms with Gasteiger partial charge in [0, 0.05) is 19.5 Å². The lowest BCUT2D eigenvalue weighted by Crippen LogP contribution is -2.52. The van der Waals surface area contributed by atoms with Crippen molar-refractivity contribution in [2.75, 3.05) is 7.05 Å². The standard InChI is InChI=1S/C15H20N2O3/c1-17(12-8-5-9-12)15(20)16-13(14(18)19)10-11-6-3-2-4-7-11/h2-4,6-7,12-13H,5,8-10H2,1H3,(H,16,20)(H,18,19)/t13-/m0/s1. The maximum atomic E-state index is 12.0. The van der Waals surface area contributed by atoms with Crippen molar-refractivity contribution in [2.45, 2.75) is 37.8 Å². The Morgan fingerprint density at radius 2 is 2.00 bits per heavy atom. The fourth-order valence-electron chi connectivity index (χ4n) is 2.24. The molecule has 2 amide bonds. The van der Waals surface area contributed by atoms with Gasteiger partial charge >= 0.3 is 12.0 Å². The number of aliphatic carboxylic acids is 1. The monoisotopic (exact) mass is 276 g/mol. The Hall–Kier alpha value is -2.04. The molecule has 1 aromatic carbocycles. The number of nitrogens with one attached hydrogen (secondary N) is 1. The molecule has 1 aromatic rings. The largest absolute Gasteiger partial charge is 0.480 e. The fraction of sp³-hybridized carbons (Fsp3) is 0.467. The van der Waals surface area contributed by atoms with Crippen molar-refractivity contribution in [3.63, 3.8) is 0 Å². The van der Waals surface area contributed by atoms with Crippen LogP contribution in [0.25, 0.3) is 0 Å². The summed E-state index contributed by atoms with van der Waals surface area (Å²) in [5.41, 5.74) is 0.895. The van der Waals surface area contributed by atoms with Gasteiger partial charge in [-0.15, -0.1) is 0 Å². The molecule has 2 N–H and O–H groups in total. The van der Waals surface area contributed by atoms with E-state index in [4.69, 9.17) is 0 Å². The number of hydrogen-bond acceptors (Lipinski definition) is 2. The van der Waals surface area contributed by atoms with Crippen LogP contribution >= 0.6 is 0 Å². The van der Waals surface area contributed by atoms with E-state index in [1.165, 1.54) is 0 Å². The Labute approximate surface area is 118 Å². The van der Waals surface area contributed by atoms with E-state index in [9.17, 15) is 14.7 Å². The lowest BCUT2D eigenvalue weighted by molar-refractivity contribution is -0.139. The molecule has 1 aliphatic carbocycles. The Kier molecular flexibility index (Phi) is 4.61. The van der Waals surface area contributed by atoms with Crippen LogP contribution in [-0.4, -0.2) is 41.1 Å². The SMILES string of the molecule is CN(C(=O)N[C@@H](Cc1ccccc1)C(=O)O)C1CCC1. The average Bonchev–Trinajstić information content (AvgIpc) is 2.36. The van der Waals surface area contributed by atoms with Crippen LogP contribution in [0.15, 0.2) is 30.3 Å². The summed E-state index contributed by atoms with van der Waals surface area (Å²) in [5.74, 6) is -1.01. The van der Waals surface area contributed by atoms with Gasteiger partial charge in [0.1, 0.15) is 6.04 Å². The predicted octanol–water partition coefficient (Wildman–Crippen LogP) is 1.88. The number of urea groups is 1. The molecule has 0 radical (unpaired) electrons. The second-order valence-electron chi connectivity index (χ2n) is 5.23. The van der Waals surface area contributed by atoms with E-state index in [1.54, 1.807) is 11.9 Å². The lowest BCUT2D eigenvalue weighted by Gasteiger charge is -2.35. The zero-order valence-corrected chi connectivity index (χ0v) is 11.6. The number of carbonyl (C=O) groups is 2. The molecule has 0 spiro atoms. The van der Waals surface area contributed by atoms with E-state index in [0.717, 1.165) is 24.8 Å². The van der Waals surface area contributed by atoms with Crippen molar-refractivity contribution in [1.82, 2.24) is 10.2 Å². The highest BCUT2D eigenvalue weighted by atomic mass is 16.4. The van der Waals surface area contributed by atoms with E-state index in [-0.39, 0.29) is 12.1 Å². The topological polar surface area (TPSA) is 69.6 Å². The number of amides is 2. The Morgan fingerprint density at radius 1 is 1.35 bits per heavy atom. The summed E-state index contributed by atoms with van der Waals surface area (Å²) >= 11 is 0. The molecule has 0 bridgehead atoms. The van der Waals surface area contributed by atoms with Gasteiger partial charge in [-0.05, 0) is 24.8 Å². The fourth-order valence-corrected chi connectivity index (χ4v) is 2.24. The molecule has 1 aliphatic rings. The van der Waals surface area contributed by atoms with Crippen molar-refractivity contribution >= 4 is 12.0 Å². The van der Waals surface area contributed by atoms with E-state index in [2.05, 4.69) is 5.32 Å². The first-order valence-electron chi connectivity index (χ1n) is 6.88. The van der Waals surface area contributed by atoms with Crippen LogP contribution in [0.3, 0.4) is 0 Å². The molecule has 108 valence electrons. The predicted molar refractivity (Wildman–Crippen MR) is 75.5 cm³/mol. The highest BCUT2D eigenvalue weighted by Crippen LogP contribution is 2.23. The minimum Gasteiger partial charge on any atom is -0.480 e.